The highest BCUT2D eigenvalue weighted by atomic mass is 127. The number of aryl methyl sites for hydroxylation is 1. The molecule has 7 nitrogen and oxygen atoms in total. The van der Waals surface area contributed by atoms with E-state index in [9.17, 15) is 0 Å². The zero-order chi connectivity index (χ0) is 22.3. The Morgan fingerprint density at radius 3 is 2.64 bits per heavy atom. The van der Waals surface area contributed by atoms with Crippen molar-refractivity contribution in [2.24, 2.45) is 12.0 Å². The van der Waals surface area contributed by atoms with E-state index in [0.29, 0.717) is 13.1 Å². The summed E-state index contributed by atoms with van der Waals surface area (Å²) in [5, 5.41) is 6.74. The maximum Gasteiger partial charge on any atom is 0.191 e. The molecule has 4 rings (SSSR count). The molecule has 0 atom stereocenters. The second-order valence-corrected chi connectivity index (χ2v) is 8.10. The lowest BCUT2D eigenvalue weighted by atomic mass is 10.1. The quantitative estimate of drug-likeness (QED) is 0.235. The Morgan fingerprint density at radius 2 is 1.91 bits per heavy atom. The standard InChI is InChI=1S/C25H33N5O2.HI/c1-4-26-25(28-17-23-29-20-13-7-8-14-21(20)30(23)2)27-16-18-10-9-15-22(31-3)24(18)32-19-11-5-6-12-19;/h7-10,13-15,19H,4-6,11-12,16-17H2,1-3H3,(H2,26,27,28);1H. The van der Waals surface area contributed by atoms with Crippen LogP contribution in [0.1, 0.15) is 44.0 Å². The van der Waals surface area contributed by atoms with Crippen molar-refractivity contribution in [1.29, 1.82) is 0 Å². The van der Waals surface area contributed by atoms with Gasteiger partial charge >= 0.3 is 0 Å². The molecule has 1 aliphatic rings. The molecule has 0 saturated heterocycles. The maximum absolute atomic E-state index is 6.35. The number of nitrogens with one attached hydrogen (secondary N) is 2. The van der Waals surface area contributed by atoms with E-state index in [1.807, 2.05) is 37.4 Å². The average Bonchev–Trinajstić information content (AvgIpc) is 3.44. The molecular weight excluding hydrogens is 529 g/mol. The predicted molar refractivity (Wildman–Crippen MR) is 144 cm³/mol. The Labute approximate surface area is 213 Å². The summed E-state index contributed by atoms with van der Waals surface area (Å²) in [5.74, 6) is 3.29. The Balaban J connectivity index is 0.00000306. The zero-order valence-corrected chi connectivity index (χ0v) is 22.0. The molecule has 3 aromatic rings. The van der Waals surface area contributed by atoms with E-state index in [1.54, 1.807) is 7.11 Å². The van der Waals surface area contributed by atoms with E-state index in [4.69, 9.17) is 19.5 Å². The number of nitrogens with zero attached hydrogens (tertiary/aromatic N) is 3. The molecule has 2 aromatic carbocycles. The summed E-state index contributed by atoms with van der Waals surface area (Å²) in [7, 11) is 3.73. The number of rotatable bonds is 8. The van der Waals surface area contributed by atoms with Crippen molar-refractivity contribution in [2.45, 2.75) is 51.8 Å². The van der Waals surface area contributed by atoms with Crippen molar-refractivity contribution in [1.82, 2.24) is 20.2 Å². The van der Waals surface area contributed by atoms with E-state index in [1.165, 1.54) is 12.8 Å². The number of para-hydroxylation sites is 3. The van der Waals surface area contributed by atoms with Crippen molar-refractivity contribution in [3.8, 4) is 11.5 Å². The second kappa shape index (κ2) is 12.1. The van der Waals surface area contributed by atoms with Gasteiger partial charge in [-0.1, -0.05) is 24.3 Å². The molecule has 1 saturated carbocycles. The van der Waals surface area contributed by atoms with Crippen molar-refractivity contribution in [3.63, 3.8) is 0 Å². The minimum atomic E-state index is 0. The molecule has 178 valence electrons. The number of fused-ring (bicyclic) bond motifs is 1. The van der Waals surface area contributed by atoms with Gasteiger partial charge in [0.25, 0.3) is 0 Å². The number of aromatic nitrogens is 2. The third-order valence-corrected chi connectivity index (χ3v) is 5.91. The molecule has 33 heavy (non-hydrogen) atoms. The Hall–Kier alpha value is -2.49. The normalized spacial score (nSPS) is 14.2. The van der Waals surface area contributed by atoms with E-state index in [-0.39, 0.29) is 30.1 Å². The first-order valence-electron chi connectivity index (χ1n) is 11.4. The van der Waals surface area contributed by atoms with Crippen LogP contribution >= 0.6 is 24.0 Å². The highest BCUT2D eigenvalue weighted by Gasteiger charge is 2.20. The fraction of sp³-hybridized carbons (Fsp3) is 0.440. The molecule has 0 radical (unpaired) electrons. The number of hydrogen-bond acceptors (Lipinski definition) is 4. The van der Waals surface area contributed by atoms with Crippen molar-refractivity contribution in [3.05, 3.63) is 53.9 Å². The van der Waals surface area contributed by atoms with Crippen LogP contribution in [0.2, 0.25) is 0 Å². The van der Waals surface area contributed by atoms with Gasteiger partial charge in [0.1, 0.15) is 5.82 Å². The number of methoxy groups -OCH3 is 1. The third-order valence-electron chi connectivity index (χ3n) is 5.91. The Bertz CT molecular complexity index is 1080. The molecule has 0 aliphatic heterocycles. The summed E-state index contributed by atoms with van der Waals surface area (Å²) in [4.78, 5) is 9.55. The summed E-state index contributed by atoms with van der Waals surface area (Å²) in [6.45, 7) is 3.92. The second-order valence-electron chi connectivity index (χ2n) is 8.10. The van der Waals surface area contributed by atoms with E-state index in [2.05, 4.69) is 34.3 Å². The van der Waals surface area contributed by atoms with Crippen molar-refractivity contribution >= 4 is 41.0 Å². The molecule has 2 N–H and O–H groups in total. The molecule has 1 heterocycles. The molecule has 1 aromatic heterocycles. The van der Waals surface area contributed by atoms with Crippen LogP contribution in [0.5, 0.6) is 11.5 Å². The lowest BCUT2D eigenvalue weighted by molar-refractivity contribution is 0.198. The first-order chi connectivity index (χ1) is 15.7. The first-order valence-corrected chi connectivity index (χ1v) is 11.4. The van der Waals surface area contributed by atoms with E-state index < -0.39 is 0 Å². The van der Waals surface area contributed by atoms with Crippen LogP contribution in [0.4, 0.5) is 0 Å². The summed E-state index contributed by atoms with van der Waals surface area (Å²) in [6.07, 6.45) is 4.91. The fourth-order valence-corrected chi connectivity index (χ4v) is 4.18. The summed E-state index contributed by atoms with van der Waals surface area (Å²) < 4.78 is 14.0. The van der Waals surface area contributed by atoms with Gasteiger partial charge in [0.05, 0.1) is 37.3 Å². The van der Waals surface area contributed by atoms with Gasteiger partial charge < -0.3 is 24.7 Å². The average molecular weight is 563 g/mol. The largest absolute Gasteiger partial charge is 0.493 e. The zero-order valence-electron chi connectivity index (χ0n) is 19.6. The number of aliphatic imine (C=N–C) groups is 1. The van der Waals surface area contributed by atoms with E-state index >= 15 is 0 Å². The van der Waals surface area contributed by atoms with Crippen molar-refractivity contribution in [2.75, 3.05) is 13.7 Å². The molecule has 0 spiro atoms. The fourth-order valence-electron chi connectivity index (χ4n) is 4.18. The van der Waals surface area contributed by atoms with Crippen molar-refractivity contribution < 1.29 is 9.47 Å². The van der Waals surface area contributed by atoms with Crippen LogP contribution in [-0.2, 0) is 20.1 Å². The number of ether oxygens (including phenoxy) is 2. The Morgan fingerprint density at radius 1 is 1.12 bits per heavy atom. The third kappa shape index (κ3) is 6.10. The number of hydrogen-bond donors (Lipinski definition) is 2. The van der Waals surface area contributed by atoms with Crippen LogP contribution in [0.25, 0.3) is 11.0 Å². The van der Waals surface area contributed by atoms with Gasteiger partial charge in [-0.2, -0.15) is 0 Å². The van der Waals surface area contributed by atoms with Crippen LogP contribution in [-0.4, -0.2) is 35.3 Å². The van der Waals surface area contributed by atoms with Gasteiger partial charge in [0.15, 0.2) is 17.5 Å². The maximum atomic E-state index is 6.35. The predicted octanol–water partition coefficient (Wildman–Crippen LogP) is 4.78. The lowest BCUT2D eigenvalue weighted by Crippen LogP contribution is -2.37. The summed E-state index contributed by atoms with van der Waals surface area (Å²) in [5.41, 5.74) is 3.14. The van der Waals surface area contributed by atoms with Crippen LogP contribution in [0.3, 0.4) is 0 Å². The smallest absolute Gasteiger partial charge is 0.191 e. The molecule has 8 heteroatoms. The summed E-state index contributed by atoms with van der Waals surface area (Å²) >= 11 is 0. The SMILES string of the molecule is CCNC(=NCc1cccc(OC)c1OC1CCCC1)NCc1nc2ccccc2n1C.I. The van der Waals surface area contributed by atoms with Gasteiger partial charge in [0, 0.05) is 19.2 Å². The highest BCUT2D eigenvalue weighted by Crippen LogP contribution is 2.35. The first kappa shape index (κ1) is 25.1. The van der Waals surface area contributed by atoms with Gasteiger partial charge in [-0.25, -0.2) is 9.98 Å². The number of benzene rings is 2. The Kier molecular flexibility index (Phi) is 9.22. The number of guanidine groups is 1. The minimum absolute atomic E-state index is 0. The van der Waals surface area contributed by atoms with Crippen LogP contribution in [0.15, 0.2) is 47.5 Å². The highest BCUT2D eigenvalue weighted by molar-refractivity contribution is 14.0. The molecule has 1 fully saturated rings. The molecular formula is C25H34IN5O2. The molecule has 0 unspecified atom stereocenters. The minimum Gasteiger partial charge on any atom is -0.493 e. The number of halogens is 1. The van der Waals surface area contributed by atoms with Crippen LogP contribution in [0, 0.1) is 0 Å². The van der Waals surface area contributed by atoms with Gasteiger partial charge in [-0.05, 0) is 50.8 Å². The van der Waals surface area contributed by atoms with Gasteiger partial charge in [-0.3, -0.25) is 0 Å². The molecule has 1 aliphatic carbocycles. The lowest BCUT2D eigenvalue weighted by Gasteiger charge is -2.19. The number of imidazole rings is 1. The molecule has 0 bridgehead atoms. The topological polar surface area (TPSA) is 72.7 Å². The van der Waals surface area contributed by atoms with Gasteiger partial charge in [0.2, 0.25) is 0 Å². The van der Waals surface area contributed by atoms with Gasteiger partial charge in [-0.15, -0.1) is 24.0 Å². The van der Waals surface area contributed by atoms with Crippen LogP contribution < -0.4 is 20.1 Å². The van der Waals surface area contributed by atoms with E-state index in [0.717, 1.165) is 59.3 Å². The molecule has 0 amide bonds. The summed E-state index contributed by atoms with van der Waals surface area (Å²) in [6, 6.07) is 14.2. The monoisotopic (exact) mass is 563 g/mol.